The molecular weight excluding hydrogens is 320 g/mol. The van der Waals surface area contributed by atoms with E-state index in [2.05, 4.69) is 27.0 Å². The van der Waals surface area contributed by atoms with Crippen molar-refractivity contribution in [1.82, 2.24) is 20.4 Å². The molecular formula is C18H20N4O3. The second-order valence-corrected chi connectivity index (χ2v) is 5.81. The van der Waals surface area contributed by atoms with E-state index in [4.69, 9.17) is 4.74 Å². The van der Waals surface area contributed by atoms with Crippen molar-refractivity contribution < 1.29 is 4.74 Å². The molecule has 0 radical (unpaired) electrons. The van der Waals surface area contributed by atoms with Crippen LogP contribution in [0, 0.1) is 13.8 Å². The molecule has 7 nitrogen and oxygen atoms in total. The first kappa shape index (κ1) is 16.6. The standard InChI is InChI=1S/C18H20N4O3/c1-4-9-25-13-8-6-5-7-12(13)16(14-10(2)19-21-17(14)23)15-11(3)20-22-18(15)24/h4-8,16H,1,9H2,2-3H3,(H2,19,21,23)(H2,20,22,24). The number of hydrogen-bond donors (Lipinski definition) is 4. The molecule has 0 aliphatic rings. The number of ether oxygens (including phenoxy) is 1. The largest absolute Gasteiger partial charge is 0.489 e. The van der Waals surface area contributed by atoms with Crippen molar-refractivity contribution >= 4 is 0 Å². The van der Waals surface area contributed by atoms with E-state index < -0.39 is 5.92 Å². The van der Waals surface area contributed by atoms with Crippen molar-refractivity contribution in [3.63, 3.8) is 0 Å². The number of rotatable bonds is 6. The Labute approximate surface area is 143 Å². The summed E-state index contributed by atoms with van der Waals surface area (Å²) in [6.07, 6.45) is 1.65. The van der Waals surface area contributed by atoms with E-state index in [0.29, 0.717) is 34.9 Å². The maximum atomic E-state index is 12.4. The van der Waals surface area contributed by atoms with E-state index in [1.807, 2.05) is 24.3 Å². The summed E-state index contributed by atoms with van der Waals surface area (Å²) in [4.78, 5) is 24.9. The first-order valence-corrected chi connectivity index (χ1v) is 7.91. The summed E-state index contributed by atoms with van der Waals surface area (Å²) in [7, 11) is 0. The third-order valence-corrected chi connectivity index (χ3v) is 4.19. The van der Waals surface area contributed by atoms with Gasteiger partial charge in [-0.15, -0.1) is 0 Å². The Morgan fingerprint density at radius 3 is 2.04 bits per heavy atom. The van der Waals surface area contributed by atoms with E-state index in [1.165, 1.54) is 0 Å². The van der Waals surface area contributed by atoms with Crippen LogP contribution in [0.1, 0.15) is 34.0 Å². The molecule has 4 N–H and O–H groups in total. The number of nitrogens with one attached hydrogen (secondary N) is 4. The molecule has 0 saturated heterocycles. The van der Waals surface area contributed by atoms with Gasteiger partial charge in [-0.25, -0.2) is 0 Å². The normalized spacial score (nSPS) is 11.0. The van der Waals surface area contributed by atoms with Crippen LogP contribution in [0.15, 0.2) is 46.5 Å². The minimum absolute atomic E-state index is 0.263. The van der Waals surface area contributed by atoms with Crippen molar-refractivity contribution in [1.29, 1.82) is 0 Å². The molecule has 130 valence electrons. The molecule has 0 atom stereocenters. The van der Waals surface area contributed by atoms with Crippen LogP contribution in [-0.4, -0.2) is 27.0 Å². The second-order valence-electron chi connectivity index (χ2n) is 5.81. The molecule has 0 amide bonds. The molecule has 0 saturated carbocycles. The van der Waals surface area contributed by atoms with E-state index in [-0.39, 0.29) is 11.1 Å². The monoisotopic (exact) mass is 340 g/mol. The van der Waals surface area contributed by atoms with E-state index in [0.717, 1.165) is 5.56 Å². The molecule has 25 heavy (non-hydrogen) atoms. The number of aromatic nitrogens is 4. The van der Waals surface area contributed by atoms with Gasteiger partial charge < -0.3 is 14.9 Å². The summed E-state index contributed by atoms with van der Waals surface area (Å²) in [6, 6.07) is 7.38. The van der Waals surface area contributed by atoms with E-state index in [1.54, 1.807) is 19.9 Å². The predicted molar refractivity (Wildman–Crippen MR) is 95.4 cm³/mol. The van der Waals surface area contributed by atoms with E-state index >= 15 is 0 Å². The molecule has 0 unspecified atom stereocenters. The zero-order valence-electron chi connectivity index (χ0n) is 14.1. The molecule has 0 bridgehead atoms. The van der Waals surface area contributed by atoms with Crippen LogP contribution in [0.2, 0.25) is 0 Å². The molecule has 3 rings (SSSR count). The zero-order valence-corrected chi connectivity index (χ0v) is 14.1. The molecule has 0 spiro atoms. The van der Waals surface area contributed by atoms with Crippen LogP contribution < -0.4 is 15.9 Å². The Morgan fingerprint density at radius 1 is 1.00 bits per heavy atom. The molecule has 7 heteroatoms. The Balaban J connectivity index is 2.29. The Kier molecular flexibility index (Phi) is 4.47. The summed E-state index contributed by atoms with van der Waals surface area (Å²) in [6.45, 7) is 7.58. The summed E-state index contributed by atoms with van der Waals surface area (Å²) >= 11 is 0. The van der Waals surface area contributed by atoms with Crippen LogP contribution in [0.25, 0.3) is 0 Å². The molecule has 0 aliphatic carbocycles. The third-order valence-electron chi connectivity index (χ3n) is 4.19. The topological polar surface area (TPSA) is 107 Å². The molecule has 1 aromatic carbocycles. The first-order chi connectivity index (χ1) is 12.0. The summed E-state index contributed by atoms with van der Waals surface area (Å²) in [5.41, 5.74) is 2.54. The minimum atomic E-state index is -0.564. The Hall–Kier alpha value is -3.22. The van der Waals surface area contributed by atoms with Gasteiger partial charge in [0.15, 0.2) is 0 Å². The lowest BCUT2D eigenvalue weighted by molar-refractivity contribution is 0.358. The van der Waals surface area contributed by atoms with Crippen LogP contribution in [0.5, 0.6) is 5.75 Å². The van der Waals surface area contributed by atoms with Crippen molar-refractivity contribution in [2.24, 2.45) is 0 Å². The number of para-hydroxylation sites is 1. The number of H-pyrrole nitrogens is 4. The lowest BCUT2D eigenvalue weighted by Gasteiger charge is -2.19. The SMILES string of the molecule is C=CCOc1ccccc1C(c1c(C)[nH][nH]c1=O)c1c(C)[nH][nH]c1=O. The lowest BCUT2D eigenvalue weighted by Crippen LogP contribution is -2.21. The minimum Gasteiger partial charge on any atom is -0.489 e. The molecule has 2 heterocycles. The van der Waals surface area contributed by atoms with Gasteiger partial charge in [0.1, 0.15) is 12.4 Å². The Bertz CT molecular complexity index is 951. The molecule has 0 aliphatic heterocycles. The maximum absolute atomic E-state index is 12.4. The van der Waals surface area contributed by atoms with Gasteiger partial charge in [-0.05, 0) is 19.9 Å². The Morgan fingerprint density at radius 2 is 1.56 bits per heavy atom. The van der Waals surface area contributed by atoms with Crippen molar-refractivity contribution in [3.05, 3.63) is 85.7 Å². The summed E-state index contributed by atoms with van der Waals surface area (Å²) in [5, 5.41) is 10.8. The quantitative estimate of drug-likeness (QED) is 0.516. The second kappa shape index (κ2) is 6.72. The van der Waals surface area contributed by atoms with Crippen molar-refractivity contribution in [3.8, 4) is 5.75 Å². The van der Waals surface area contributed by atoms with Gasteiger partial charge in [0, 0.05) is 17.0 Å². The number of aromatic amines is 4. The highest BCUT2D eigenvalue weighted by Crippen LogP contribution is 2.36. The van der Waals surface area contributed by atoms with Crippen LogP contribution in [-0.2, 0) is 0 Å². The van der Waals surface area contributed by atoms with Crippen LogP contribution >= 0.6 is 0 Å². The molecule has 3 aromatic rings. The highest BCUT2D eigenvalue weighted by Gasteiger charge is 2.30. The van der Waals surface area contributed by atoms with E-state index in [9.17, 15) is 9.59 Å². The highest BCUT2D eigenvalue weighted by atomic mass is 16.5. The van der Waals surface area contributed by atoms with Gasteiger partial charge in [0.2, 0.25) is 0 Å². The van der Waals surface area contributed by atoms with Gasteiger partial charge in [-0.3, -0.25) is 19.8 Å². The van der Waals surface area contributed by atoms with Gasteiger partial charge in [0.05, 0.1) is 17.0 Å². The fraction of sp³-hybridized carbons (Fsp3) is 0.222. The van der Waals surface area contributed by atoms with Gasteiger partial charge in [-0.1, -0.05) is 30.9 Å². The van der Waals surface area contributed by atoms with Crippen molar-refractivity contribution in [2.45, 2.75) is 19.8 Å². The van der Waals surface area contributed by atoms with Gasteiger partial charge >= 0.3 is 0 Å². The smallest absolute Gasteiger partial charge is 0.268 e. The van der Waals surface area contributed by atoms with Gasteiger partial charge in [0.25, 0.3) is 11.1 Å². The van der Waals surface area contributed by atoms with Crippen molar-refractivity contribution in [2.75, 3.05) is 6.61 Å². The predicted octanol–water partition coefficient (Wildman–Crippen LogP) is 2.08. The van der Waals surface area contributed by atoms with Crippen LogP contribution in [0.3, 0.4) is 0 Å². The fourth-order valence-electron chi connectivity index (χ4n) is 3.06. The number of benzene rings is 1. The third kappa shape index (κ3) is 2.96. The average molecular weight is 340 g/mol. The highest BCUT2D eigenvalue weighted by molar-refractivity contribution is 5.50. The first-order valence-electron chi connectivity index (χ1n) is 7.91. The lowest BCUT2D eigenvalue weighted by atomic mass is 9.85. The maximum Gasteiger partial charge on any atom is 0.268 e. The summed E-state index contributed by atoms with van der Waals surface area (Å²) < 4.78 is 5.76. The number of aryl methyl sites for hydroxylation is 2. The summed E-state index contributed by atoms with van der Waals surface area (Å²) in [5.74, 6) is 0.0402. The average Bonchev–Trinajstić information content (AvgIpc) is 3.11. The zero-order chi connectivity index (χ0) is 18.0. The number of hydrogen-bond acceptors (Lipinski definition) is 3. The fourth-order valence-corrected chi connectivity index (χ4v) is 3.06. The van der Waals surface area contributed by atoms with Gasteiger partial charge in [-0.2, -0.15) is 0 Å². The molecule has 2 aromatic heterocycles. The van der Waals surface area contributed by atoms with Crippen LogP contribution in [0.4, 0.5) is 0 Å². The molecule has 0 fully saturated rings.